The molecule has 4 atom stereocenters. The van der Waals surface area contributed by atoms with Crippen LogP contribution in [0, 0.1) is 5.82 Å². The second kappa shape index (κ2) is 11.7. The molecular weight excluding hydrogens is 571 g/mol. The van der Waals surface area contributed by atoms with Gasteiger partial charge in [0.1, 0.15) is 24.6 Å². The standard InChI is InChI=1S/C26H27ClF2N3O7P/c1-14(18-5-4-6-21(27)25(18)29)30-26(35)23-9-16(28)11-32(23)24(34)13-31-12-20(15(2)33)19-8-7-17(10-22(19)31)38-39-40(3,36)37/h4-8,10,12,14,16,23H,9,11,13H2,1-3H3,(H,30,35)(H,36,37)/t14?,16-,23+/m1/s1. The number of carbonyl (C=O) groups excluding carboxylic acids is 3. The van der Waals surface area contributed by atoms with E-state index in [1.165, 1.54) is 54.1 Å². The maximum Gasteiger partial charge on any atom is 0.363 e. The fourth-order valence-corrected chi connectivity index (χ4v) is 5.04. The van der Waals surface area contributed by atoms with E-state index in [0.29, 0.717) is 16.5 Å². The van der Waals surface area contributed by atoms with E-state index in [2.05, 4.69) is 9.99 Å². The molecule has 1 aromatic heterocycles. The largest absolute Gasteiger partial charge is 0.363 e. The second-order valence-corrected chi connectivity index (χ2v) is 11.8. The number of aromatic nitrogens is 1. The summed E-state index contributed by atoms with van der Waals surface area (Å²) in [6, 6.07) is 6.81. The van der Waals surface area contributed by atoms with Crippen LogP contribution in [0.25, 0.3) is 10.9 Å². The minimum atomic E-state index is -3.95. The van der Waals surface area contributed by atoms with Crippen molar-refractivity contribution in [3.8, 4) is 5.75 Å². The zero-order chi connectivity index (χ0) is 29.4. The first-order valence-corrected chi connectivity index (χ1v) is 14.6. The van der Waals surface area contributed by atoms with Crippen molar-refractivity contribution in [1.29, 1.82) is 0 Å². The number of hydrogen-bond acceptors (Lipinski definition) is 6. The van der Waals surface area contributed by atoms with Crippen LogP contribution in [0.5, 0.6) is 5.75 Å². The van der Waals surface area contributed by atoms with Gasteiger partial charge in [0, 0.05) is 41.9 Å². The highest BCUT2D eigenvalue weighted by Crippen LogP contribution is 2.38. The van der Waals surface area contributed by atoms with E-state index in [1.807, 2.05) is 0 Å². The number of likely N-dealkylation sites (tertiary alicyclic amines) is 1. The summed E-state index contributed by atoms with van der Waals surface area (Å²) in [5, 5.41) is 3.01. The molecule has 0 bridgehead atoms. The molecule has 1 aliphatic heterocycles. The lowest BCUT2D eigenvalue weighted by Crippen LogP contribution is -2.47. The Bertz CT molecular complexity index is 1530. The summed E-state index contributed by atoms with van der Waals surface area (Å²) in [6.07, 6.45) is -0.234. The zero-order valence-electron chi connectivity index (χ0n) is 21.8. The Balaban J connectivity index is 1.56. The predicted molar refractivity (Wildman–Crippen MR) is 142 cm³/mol. The van der Waals surface area contributed by atoms with Gasteiger partial charge in [-0.05, 0) is 32.0 Å². The van der Waals surface area contributed by atoms with Gasteiger partial charge in [-0.1, -0.05) is 23.7 Å². The number of amides is 2. The van der Waals surface area contributed by atoms with Crippen molar-refractivity contribution in [3.63, 3.8) is 0 Å². The SMILES string of the molecule is CC(=O)c1cn(CC(=O)N2C[C@H](F)C[C@H]2C(=O)NC(C)c2cccc(Cl)c2F)c2cc(OOP(C)(=O)O)ccc12. The van der Waals surface area contributed by atoms with Crippen molar-refractivity contribution in [2.45, 2.75) is 45.1 Å². The Morgan fingerprint density at radius 1 is 1.27 bits per heavy atom. The molecule has 0 saturated carbocycles. The first kappa shape index (κ1) is 29.7. The van der Waals surface area contributed by atoms with Gasteiger partial charge in [0.05, 0.1) is 23.1 Å². The van der Waals surface area contributed by atoms with Crippen LogP contribution in [-0.2, 0) is 25.4 Å². The molecule has 2 aromatic carbocycles. The van der Waals surface area contributed by atoms with E-state index in [1.54, 1.807) is 6.92 Å². The Morgan fingerprint density at radius 2 is 2.00 bits per heavy atom. The molecule has 3 aromatic rings. The van der Waals surface area contributed by atoms with Crippen molar-refractivity contribution in [1.82, 2.24) is 14.8 Å². The molecule has 0 radical (unpaired) electrons. The number of Topliss-reactive ketones (excluding diaryl/α,β-unsaturated/α-hetero) is 1. The molecule has 4 rings (SSSR count). The third-order valence-electron chi connectivity index (χ3n) is 6.49. The smallest absolute Gasteiger partial charge is 0.348 e. The van der Waals surface area contributed by atoms with Gasteiger partial charge in [-0.15, -0.1) is 4.67 Å². The summed E-state index contributed by atoms with van der Waals surface area (Å²) in [7, 11) is -3.95. The highest BCUT2D eigenvalue weighted by Gasteiger charge is 2.40. The number of fused-ring (bicyclic) bond motifs is 1. The average molecular weight is 598 g/mol. The van der Waals surface area contributed by atoms with Gasteiger partial charge >= 0.3 is 7.60 Å². The molecule has 0 aliphatic carbocycles. The number of hydrogen-bond donors (Lipinski definition) is 2. The highest BCUT2D eigenvalue weighted by atomic mass is 35.5. The quantitative estimate of drug-likeness (QED) is 0.160. The van der Waals surface area contributed by atoms with Gasteiger partial charge in [-0.3, -0.25) is 18.9 Å². The Hall–Kier alpha value is -3.31. The minimum absolute atomic E-state index is 0.0370. The van der Waals surface area contributed by atoms with Crippen LogP contribution in [0.1, 0.15) is 42.2 Å². The summed E-state index contributed by atoms with van der Waals surface area (Å²) < 4.78 is 46.3. The van der Waals surface area contributed by atoms with Crippen LogP contribution in [0.15, 0.2) is 42.6 Å². The van der Waals surface area contributed by atoms with E-state index in [0.717, 1.165) is 11.6 Å². The lowest BCUT2D eigenvalue weighted by molar-refractivity contribution is -0.139. The molecule has 40 heavy (non-hydrogen) atoms. The molecule has 2 amide bonds. The maximum atomic E-state index is 14.5. The molecule has 214 valence electrons. The van der Waals surface area contributed by atoms with E-state index in [4.69, 9.17) is 16.5 Å². The number of carbonyl (C=O) groups is 3. The van der Waals surface area contributed by atoms with Gasteiger partial charge in [0.25, 0.3) is 0 Å². The van der Waals surface area contributed by atoms with Crippen molar-refractivity contribution >= 4 is 47.7 Å². The van der Waals surface area contributed by atoms with Crippen molar-refractivity contribution < 1.29 is 42.2 Å². The number of benzene rings is 2. The highest BCUT2D eigenvalue weighted by molar-refractivity contribution is 7.51. The average Bonchev–Trinajstić information content (AvgIpc) is 3.44. The summed E-state index contributed by atoms with van der Waals surface area (Å²) in [5.74, 6) is -2.17. The fourth-order valence-electron chi connectivity index (χ4n) is 4.63. The third-order valence-corrected chi connectivity index (χ3v) is 7.13. The number of nitrogens with zero attached hydrogens (tertiary/aromatic N) is 2. The number of alkyl halides is 1. The van der Waals surface area contributed by atoms with Gasteiger partial charge in [0.2, 0.25) is 11.8 Å². The Labute approximate surface area is 233 Å². The van der Waals surface area contributed by atoms with E-state index < -0.39 is 43.5 Å². The zero-order valence-corrected chi connectivity index (χ0v) is 23.4. The first-order valence-electron chi connectivity index (χ1n) is 12.2. The number of halogens is 3. The molecule has 2 unspecified atom stereocenters. The van der Waals surface area contributed by atoms with Crippen LogP contribution in [-0.4, -0.2) is 57.4 Å². The summed E-state index contributed by atoms with van der Waals surface area (Å²) >= 11 is 5.84. The van der Waals surface area contributed by atoms with Crippen molar-refractivity contribution in [2.24, 2.45) is 0 Å². The second-order valence-electron chi connectivity index (χ2n) is 9.63. The van der Waals surface area contributed by atoms with E-state index in [-0.39, 0.29) is 41.6 Å². The summed E-state index contributed by atoms with van der Waals surface area (Å²) in [6.45, 7) is 3.17. The van der Waals surface area contributed by atoms with Gasteiger partial charge in [0.15, 0.2) is 11.5 Å². The molecule has 2 heterocycles. The normalized spacial score (nSPS) is 19.3. The molecular formula is C26H27ClF2N3O7P. The summed E-state index contributed by atoms with van der Waals surface area (Å²) in [4.78, 5) is 54.0. The maximum absolute atomic E-state index is 14.5. The molecule has 2 N–H and O–H groups in total. The fraction of sp³-hybridized carbons (Fsp3) is 0.346. The Kier molecular flexibility index (Phi) is 8.65. The number of rotatable bonds is 9. The minimum Gasteiger partial charge on any atom is -0.348 e. The summed E-state index contributed by atoms with van der Waals surface area (Å²) in [5.41, 5.74) is 0.812. The molecule has 14 heteroatoms. The van der Waals surface area contributed by atoms with Crippen molar-refractivity contribution in [3.05, 3.63) is 64.6 Å². The Morgan fingerprint density at radius 3 is 2.67 bits per heavy atom. The van der Waals surface area contributed by atoms with Gasteiger partial charge < -0.3 is 24.6 Å². The van der Waals surface area contributed by atoms with Crippen molar-refractivity contribution in [2.75, 3.05) is 13.2 Å². The lowest BCUT2D eigenvalue weighted by Gasteiger charge is -2.26. The molecule has 1 saturated heterocycles. The van der Waals surface area contributed by atoms with Gasteiger partial charge in [-0.2, -0.15) is 0 Å². The number of nitrogens with one attached hydrogen (secondary N) is 1. The van der Waals surface area contributed by atoms with Crippen LogP contribution < -0.4 is 10.2 Å². The molecule has 0 spiro atoms. The molecule has 10 nitrogen and oxygen atoms in total. The predicted octanol–water partition coefficient (Wildman–Crippen LogP) is 4.58. The first-order chi connectivity index (χ1) is 18.7. The third kappa shape index (κ3) is 6.52. The lowest BCUT2D eigenvalue weighted by atomic mass is 10.1. The van der Waals surface area contributed by atoms with Crippen LogP contribution >= 0.6 is 19.2 Å². The van der Waals surface area contributed by atoms with Crippen LogP contribution in [0.3, 0.4) is 0 Å². The molecule has 1 fully saturated rings. The van der Waals surface area contributed by atoms with Crippen LogP contribution in [0.4, 0.5) is 8.78 Å². The monoisotopic (exact) mass is 597 g/mol. The topological polar surface area (TPSA) is 127 Å². The van der Waals surface area contributed by atoms with E-state index >= 15 is 0 Å². The van der Waals surface area contributed by atoms with Gasteiger partial charge in [-0.25, -0.2) is 8.78 Å². The molecule has 1 aliphatic rings. The number of ketones is 1. The van der Waals surface area contributed by atoms with Crippen LogP contribution in [0.2, 0.25) is 5.02 Å². The van der Waals surface area contributed by atoms with E-state index in [9.17, 15) is 32.6 Å².